The molecule has 0 saturated heterocycles. The highest BCUT2D eigenvalue weighted by Gasteiger charge is 2.30. The van der Waals surface area contributed by atoms with Crippen molar-refractivity contribution >= 4 is 34.7 Å². The number of hydrogen-bond acceptors (Lipinski definition) is 7. The molecule has 204 valence electrons. The molecule has 2 aromatic carbocycles. The van der Waals surface area contributed by atoms with Crippen LogP contribution in [0.3, 0.4) is 0 Å². The number of anilines is 2. The molecule has 10 nitrogen and oxygen atoms in total. The van der Waals surface area contributed by atoms with Gasteiger partial charge in [0.25, 0.3) is 11.8 Å². The molecule has 1 aliphatic heterocycles. The standard InChI is InChI=1S/C31H28N8O2/c1-18(2)33-24-15-14-21(19(3)34-24)27-25(29-32-16-9-17-39(29)38-27)30(40)37-28-31(41)35-23-13-8-7-12-22(23)26(36-28)20-10-5-4-6-11-20/h4-18,28H,1-3H3,(H,33,34)(H,35,41)(H,37,40)/t28-/m1/s1. The molecule has 4 heterocycles. The van der Waals surface area contributed by atoms with Crippen molar-refractivity contribution in [1.29, 1.82) is 0 Å². The summed E-state index contributed by atoms with van der Waals surface area (Å²) in [5.74, 6) is -0.254. The molecule has 41 heavy (non-hydrogen) atoms. The van der Waals surface area contributed by atoms with E-state index in [2.05, 4.69) is 31.0 Å². The molecule has 0 radical (unpaired) electrons. The molecule has 0 spiro atoms. The lowest BCUT2D eigenvalue weighted by atomic mass is 10.0. The van der Waals surface area contributed by atoms with Crippen molar-refractivity contribution < 1.29 is 9.59 Å². The van der Waals surface area contributed by atoms with Crippen LogP contribution in [-0.4, -0.2) is 49.3 Å². The average Bonchev–Trinajstić information content (AvgIpc) is 3.28. The van der Waals surface area contributed by atoms with Gasteiger partial charge >= 0.3 is 0 Å². The van der Waals surface area contributed by atoms with E-state index in [1.54, 1.807) is 23.0 Å². The summed E-state index contributed by atoms with van der Waals surface area (Å²) in [7, 11) is 0. The van der Waals surface area contributed by atoms with Gasteiger partial charge in [0.2, 0.25) is 6.17 Å². The van der Waals surface area contributed by atoms with Crippen molar-refractivity contribution in [3.8, 4) is 11.3 Å². The van der Waals surface area contributed by atoms with Crippen LogP contribution in [0.1, 0.15) is 41.0 Å². The number of benzodiazepines with no additional fused rings is 1. The van der Waals surface area contributed by atoms with Crippen molar-refractivity contribution in [1.82, 2.24) is 24.9 Å². The first kappa shape index (κ1) is 25.9. The summed E-state index contributed by atoms with van der Waals surface area (Å²) in [5, 5.41) is 13.7. The number of nitrogens with zero attached hydrogens (tertiary/aromatic N) is 5. The Morgan fingerprint density at radius 1 is 0.976 bits per heavy atom. The van der Waals surface area contributed by atoms with Gasteiger partial charge < -0.3 is 16.0 Å². The lowest BCUT2D eigenvalue weighted by Crippen LogP contribution is -2.42. The van der Waals surface area contributed by atoms with Gasteiger partial charge in [0.15, 0.2) is 5.65 Å². The van der Waals surface area contributed by atoms with Crippen molar-refractivity contribution in [3.05, 3.63) is 108 Å². The number of aryl methyl sites for hydroxylation is 1. The van der Waals surface area contributed by atoms with E-state index >= 15 is 0 Å². The van der Waals surface area contributed by atoms with Gasteiger partial charge in [-0.05, 0) is 45.0 Å². The number of nitrogens with one attached hydrogen (secondary N) is 3. The predicted molar refractivity (Wildman–Crippen MR) is 158 cm³/mol. The summed E-state index contributed by atoms with van der Waals surface area (Å²) in [6.45, 7) is 5.94. The number of hydrogen-bond donors (Lipinski definition) is 3. The summed E-state index contributed by atoms with van der Waals surface area (Å²) in [5.41, 5.74) is 5.17. The van der Waals surface area contributed by atoms with Crippen LogP contribution in [0.2, 0.25) is 0 Å². The minimum absolute atomic E-state index is 0.215. The Hall–Kier alpha value is -5.38. The average molecular weight is 545 g/mol. The number of para-hydroxylation sites is 1. The number of rotatable bonds is 6. The summed E-state index contributed by atoms with van der Waals surface area (Å²) < 4.78 is 1.55. The van der Waals surface area contributed by atoms with Gasteiger partial charge in [-0.3, -0.25) is 9.59 Å². The quantitative estimate of drug-likeness (QED) is 0.290. The highest BCUT2D eigenvalue weighted by molar-refractivity contribution is 6.20. The lowest BCUT2D eigenvalue weighted by Gasteiger charge is -2.14. The molecule has 0 fully saturated rings. The molecule has 1 aliphatic rings. The van der Waals surface area contributed by atoms with E-state index in [0.29, 0.717) is 34.0 Å². The second-order valence-electron chi connectivity index (χ2n) is 9.99. The van der Waals surface area contributed by atoms with E-state index in [1.165, 1.54) is 0 Å². The maximum absolute atomic E-state index is 14.0. The Balaban J connectivity index is 1.42. The molecule has 2 amide bonds. The van der Waals surface area contributed by atoms with Gasteiger partial charge in [0, 0.05) is 40.8 Å². The summed E-state index contributed by atoms with van der Waals surface area (Å²) in [6, 6.07) is 22.7. The Labute approximate surface area is 236 Å². The number of carbonyl (C=O) groups is 2. The lowest BCUT2D eigenvalue weighted by molar-refractivity contribution is -0.117. The third-order valence-electron chi connectivity index (χ3n) is 6.66. The van der Waals surface area contributed by atoms with Crippen LogP contribution in [0, 0.1) is 6.92 Å². The minimum Gasteiger partial charge on any atom is -0.368 e. The van der Waals surface area contributed by atoms with Gasteiger partial charge in [0.05, 0.1) is 11.4 Å². The van der Waals surface area contributed by atoms with Crippen molar-refractivity contribution in [3.63, 3.8) is 0 Å². The third-order valence-corrected chi connectivity index (χ3v) is 6.66. The van der Waals surface area contributed by atoms with Crippen LogP contribution in [0.4, 0.5) is 11.5 Å². The van der Waals surface area contributed by atoms with Crippen molar-refractivity contribution in [2.75, 3.05) is 10.6 Å². The predicted octanol–water partition coefficient (Wildman–Crippen LogP) is 4.47. The number of aromatic nitrogens is 4. The highest BCUT2D eigenvalue weighted by Crippen LogP contribution is 2.29. The SMILES string of the molecule is Cc1nc(NC(C)C)ccc1-c1nn2cccnc2c1C(=O)N[C@H]1N=C(c2ccccc2)c2ccccc2NC1=O. The smallest absolute Gasteiger partial charge is 0.269 e. The number of fused-ring (bicyclic) bond motifs is 2. The molecular weight excluding hydrogens is 516 g/mol. The van der Waals surface area contributed by atoms with E-state index in [-0.39, 0.29) is 11.6 Å². The van der Waals surface area contributed by atoms with Crippen LogP contribution in [0.15, 0.2) is 90.2 Å². The van der Waals surface area contributed by atoms with E-state index in [1.807, 2.05) is 87.5 Å². The zero-order chi connectivity index (χ0) is 28.5. The maximum atomic E-state index is 14.0. The van der Waals surface area contributed by atoms with E-state index in [9.17, 15) is 9.59 Å². The normalized spacial score (nSPS) is 14.7. The third kappa shape index (κ3) is 5.03. The first-order chi connectivity index (χ1) is 19.9. The minimum atomic E-state index is -1.20. The molecule has 0 unspecified atom stereocenters. The summed E-state index contributed by atoms with van der Waals surface area (Å²) in [6.07, 6.45) is 2.12. The molecule has 0 aliphatic carbocycles. The molecule has 6 rings (SSSR count). The number of carbonyl (C=O) groups excluding carboxylic acids is 2. The van der Waals surface area contributed by atoms with Crippen LogP contribution in [0.25, 0.3) is 16.9 Å². The molecule has 0 bridgehead atoms. The second kappa shape index (κ2) is 10.6. The molecule has 3 N–H and O–H groups in total. The topological polar surface area (TPSA) is 126 Å². The van der Waals surface area contributed by atoms with Gasteiger partial charge in [-0.15, -0.1) is 0 Å². The first-order valence-corrected chi connectivity index (χ1v) is 13.3. The highest BCUT2D eigenvalue weighted by atomic mass is 16.2. The molecule has 10 heteroatoms. The summed E-state index contributed by atoms with van der Waals surface area (Å²) >= 11 is 0. The number of amides is 2. The number of pyridine rings is 1. The Kier molecular flexibility index (Phi) is 6.72. The molecule has 5 aromatic rings. The van der Waals surface area contributed by atoms with Crippen LogP contribution >= 0.6 is 0 Å². The Morgan fingerprint density at radius 3 is 2.54 bits per heavy atom. The van der Waals surface area contributed by atoms with E-state index in [4.69, 9.17) is 4.99 Å². The monoisotopic (exact) mass is 544 g/mol. The molecule has 1 atom stereocenters. The fourth-order valence-electron chi connectivity index (χ4n) is 4.85. The maximum Gasteiger partial charge on any atom is 0.269 e. The Bertz CT molecular complexity index is 1810. The fraction of sp³-hybridized carbons (Fsp3) is 0.161. The largest absolute Gasteiger partial charge is 0.368 e. The van der Waals surface area contributed by atoms with Crippen molar-refractivity contribution in [2.24, 2.45) is 4.99 Å². The zero-order valence-corrected chi connectivity index (χ0v) is 22.8. The molecular formula is C31H28N8O2. The van der Waals surface area contributed by atoms with Crippen LogP contribution in [0.5, 0.6) is 0 Å². The van der Waals surface area contributed by atoms with E-state index in [0.717, 1.165) is 16.9 Å². The van der Waals surface area contributed by atoms with Gasteiger partial charge in [-0.1, -0.05) is 48.5 Å². The molecule has 0 saturated carbocycles. The number of benzene rings is 2. The van der Waals surface area contributed by atoms with Crippen LogP contribution in [-0.2, 0) is 4.79 Å². The second-order valence-corrected chi connectivity index (χ2v) is 9.99. The number of aliphatic imine (C=N–C) groups is 1. The zero-order valence-electron chi connectivity index (χ0n) is 22.8. The van der Waals surface area contributed by atoms with Crippen LogP contribution < -0.4 is 16.0 Å². The van der Waals surface area contributed by atoms with Gasteiger partial charge in [-0.2, -0.15) is 5.10 Å². The Morgan fingerprint density at radius 2 is 1.76 bits per heavy atom. The molecule has 3 aromatic heterocycles. The van der Waals surface area contributed by atoms with Crippen molar-refractivity contribution in [2.45, 2.75) is 33.0 Å². The first-order valence-electron chi connectivity index (χ1n) is 13.3. The fourth-order valence-corrected chi connectivity index (χ4v) is 4.85. The van der Waals surface area contributed by atoms with Gasteiger partial charge in [0.1, 0.15) is 17.1 Å². The van der Waals surface area contributed by atoms with Gasteiger partial charge in [-0.25, -0.2) is 19.5 Å². The summed E-state index contributed by atoms with van der Waals surface area (Å²) in [4.78, 5) is 41.2. The van der Waals surface area contributed by atoms with E-state index < -0.39 is 18.0 Å².